The maximum absolute atomic E-state index is 11.0. The highest BCUT2D eigenvalue weighted by Crippen LogP contribution is 2.27. The average Bonchev–Trinajstić information content (AvgIpc) is 2.70. The summed E-state index contributed by atoms with van der Waals surface area (Å²) >= 11 is 0. The Balaban J connectivity index is 0. The maximum Gasteiger partial charge on any atom is 0.248 e. The van der Waals surface area contributed by atoms with E-state index in [0.29, 0.717) is 12.6 Å². The summed E-state index contributed by atoms with van der Waals surface area (Å²) in [4.78, 5) is 23.3. The van der Waals surface area contributed by atoms with E-state index in [-0.39, 0.29) is 23.8 Å². The predicted molar refractivity (Wildman–Crippen MR) is 87.2 cm³/mol. The number of hydrogen-bond acceptors (Lipinski definition) is 3. The molecule has 5 nitrogen and oxygen atoms in total. The molecule has 2 saturated heterocycles. The normalized spacial score (nSPS) is 22.7. The van der Waals surface area contributed by atoms with Gasteiger partial charge >= 0.3 is 0 Å². The van der Waals surface area contributed by atoms with E-state index in [1.54, 1.807) is 11.9 Å². The highest BCUT2D eigenvalue weighted by atomic mass is 16.5. The van der Waals surface area contributed by atoms with Crippen LogP contribution in [-0.4, -0.2) is 49.6 Å². The van der Waals surface area contributed by atoms with Crippen LogP contribution in [0.2, 0.25) is 0 Å². The zero-order valence-corrected chi connectivity index (χ0v) is 15.1. The molecular formula is C16H34N2O3. The second-order valence-electron chi connectivity index (χ2n) is 5.33. The van der Waals surface area contributed by atoms with Crippen molar-refractivity contribution in [1.29, 1.82) is 0 Å². The summed E-state index contributed by atoms with van der Waals surface area (Å²) in [6.45, 7) is 15.7. The molecule has 1 atom stereocenters. The van der Waals surface area contributed by atoms with Gasteiger partial charge in [0.05, 0.1) is 6.61 Å². The third kappa shape index (κ3) is 8.71. The quantitative estimate of drug-likeness (QED) is 0.748. The highest BCUT2D eigenvalue weighted by molar-refractivity contribution is 5.84. The van der Waals surface area contributed by atoms with Crippen LogP contribution < -0.4 is 5.32 Å². The maximum atomic E-state index is 11.0. The summed E-state index contributed by atoms with van der Waals surface area (Å²) in [7, 11) is 1.78. The molecule has 2 amide bonds. The SMILES string of the molecule is CC.CC.CN1CCOCC1=O.C[C@H]1CC(C)(C)C(=O)N1. The van der Waals surface area contributed by atoms with Crippen LogP contribution in [0.4, 0.5) is 0 Å². The van der Waals surface area contributed by atoms with Crippen LogP contribution in [0.15, 0.2) is 0 Å². The molecule has 0 saturated carbocycles. The molecule has 2 fully saturated rings. The Morgan fingerprint density at radius 3 is 1.90 bits per heavy atom. The van der Waals surface area contributed by atoms with E-state index in [2.05, 4.69) is 5.32 Å². The van der Waals surface area contributed by atoms with Gasteiger partial charge in [-0.3, -0.25) is 9.59 Å². The molecule has 2 rings (SSSR count). The lowest BCUT2D eigenvalue weighted by atomic mass is 9.90. The number of carbonyl (C=O) groups excluding carboxylic acids is 2. The van der Waals surface area contributed by atoms with Crippen LogP contribution in [0, 0.1) is 5.41 Å². The van der Waals surface area contributed by atoms with E-state index >= 15 is 0 Å². The molecule has 2 aliphatic heterocycles. The van der Waals surface area contributed by atoms with Crippen molar-refractivity contribution in [3.05, 3.63) is 0 Å². The molecule has 0 radical (unpaired) electrons. The highest BCUT2D eigenvalue weighted by Gasteiger charge is 2.36. The van der Waals surface area contributed by atoms with Crippen molar-refractivity contribution in [2.75, 3.05) is 26.8 Å². The van der Waals surface area contributed by atoms with Crippen molar-refractivity contribution in [2.24, 2.45) is 5.41 Å². The van der Waals surface area contributed by atoms with Gasteiger partial charge in [-0.1, -0.05) is 41.5 Å². The van der Waals surface area contributed by atoms with Crippen molar-refractivity contribution < 1.29 is 14.3 Å². The van der Waals surface area contributed by atoms with Gasteiger partial charge in [-0.15, -0.1) is 0 Å². The molecular weight excluding hydrogens is 268 g/mol. The van der Waals surface area contributed by atoms with E-state index in [4.69, 9.17) is 4.74 Å². The minimum atomic E-state index is -0.126. The minimum Gasteiger partial charge on any atom is -0.370 e. The van der Waals surface area contributed by atoms with Gasteiger partial charge in [0.15, 0.2) is 0 Å². The molecule has 0 aromatic heterocycles. The molecule has 0 bridgehead atoms. The molecule has 0 aromatic carbocycles. The van der Waals surface area contributed by atoms with Crippen LogP contribution >= 0.6 is 0 Å². The summed E-state index contributed by atoms with van der Waals surface area (Å²) in [6.07, 6.45) is 0.964. The van der Waals surface area contributed by atoms with Gasteiger partial charge in [0.2, 0.25) is 11.8 Å². The Morgan fingerprint density at radius 1 is 1.19 bits per heavy atom. The first kappa shape index (κ1) is 22.2. The Hall–Kier alpha value is -1.10. The molecule has 0 aromatic rings. The standard InChI is InChI=1S/C7H13NO.C5H9NO2.2C2H6/c1-5-4-7(2,3)6(9)8-5;1-6-2-3-8-4-5(6)7;2*1-2/h5H,4H2,1-3H3,(H,8,9);2-4H2,1H3;2*1-2H3/t5-;;;/m0.../s1. The molecule has 1 N–H and O–H groups in total. The summed E-state index contributed by atoms with van der Waals surface area (Å²) in [5.74, 6) is 0.270. The van der Waals surface area contributed by atoms with Crippen LogP contribution in [-0.2, 0) is 14.3 Å². The van der Waals surface area contributed by atoms with Crippen LogP contribution in [0.3, 0.4) is 0 Å². The van der Waals surface area contributed by atoms with E-state index in [0.717, 1.165) is 13.0 Å². The third-order valence-electron chi connectivity index (χ3n) is 3.03. The van der Waals surface area contributed by atoms with Crippen molar-refractivity contribution in [2.45, 2.75) is 60.9 Å². The summed E-state index contributed by atoms with van der Waals surface area (Å²) in [5, 5.41) is 2.87. The summed E-state index contributed by atoms with van der Waals surface area (Å²) in [6, 6.07) is 0.368. The second kappa shape index (κ2) is 11.5. The molecule has 5 heteroatoms. The number of nitrogens with one attached hydrogen (secondary N) is 1. The van der Waals surface area contributed by atoms with Gasteiger partial charge < -0.3 is 15.0 Å². The summed E-state index contributed by atoms with van der Waals surface area (Å²) in [5.41, 5.74) is -0.126. The zero-order valence-electron chi connectivity index (χ0n) is 15.1. The van der Waals surface area contributed by atoms with Crippen molar-refractivity contribution in [1.82, 2.24) is 10.2 Å². The number of carbonyl (C=O) groups is 2. The lowest BCUT2D eigenvalue weighted by Gasteiger charge is -2.21. The largest absolute Gasteiger partial charge is 0.370 e. The molecule has 0 unspecified atom stereocenters. The minimum absolute atomic E-state index is 0.0799. The molecule has 0 spiro atoms. The van der Waals surface area contributed by atoms with Gasteiger partial charge in [0.1, 0.15) is 6.61 Å². The number of hydrogen-bond donors (Lipinski definition) is 1. The van der Waals surface area contributed by atoms with Gasteiger partial charge in [-0.05, 0) is 13.3 Å². The first-order valence-corrected chi connectivity index (χ1v) is 7.95. The Kier molecular flexibility index (Phi) is 12.2. The first-order valence-electron chi connectivity index (χ1n) is 7.95. The van der Waals surface area contributed by atoms with E-state index in [1.165, 1.54) is 0 Å². The second-order valence-corrected chi connectivity index (χ2v) is 5.33. The van der Waals surface area contributed by atoms with Gasteiger partial charge in [-0.2, -0.15) is 0 Å². The van der Waals surface area contributed by atoms with Gasteiger partial charge in [0.25, 0.3) is 0 Å². The lowest BCUT2D eigenvalue weighted by molar-refractivity contribution is -0.140. The van der Waals surface area contributed by atoms with Crippen LogP contribution in [0.5, 0.6) is 0 Å². The number of rotatable bonds is 0. The van der Waals surface area contributed by atoms with Crippen LogP contribution in [0.25, 0.3) is 0 Å². The van der Waals surface area contributed by atoms with E-state index < -0.39 is 0 Å². The van der Waals surface area contributed by atoms with Gasteiger partial charge in [0, 0.05) is 25.0 Å². The Bertz CT molecular complexity index is 304. The number of amides is 2. The fourth-order valence-electron chi connectivity index (χ4n) is 1.92. The van der Waals surface area contributed by atoms with Gasteiger partial charge in [-0.25, -0.2) is 0 Å². The van der Waals surface area contributed by atoms with Crippen LogP contribution in [0.1, 0.15) is 54.9 Å². The fourth-order valence-corrected chi connectivity index (χ4v) is 1.92. The molecule has 126 valence electrons. The molecule has 21 heavy (non-hydrogen) atoms. The Morgan fingerprint density at radius 2 is 1.71 bits per heavy atom. The zero-order chi connectivity index (χ0) is 17.1. The number of ether oxygens (including phenoxy) is 1. The monoisotopic (exact) mass is 302 g/mol. The molecule has 2 aliphatic rings. The molecule has 0 aliphatic carbocycles. The first-order chi connectivity index (χ1) is 9.83. The predicted octanol–water partition coefficient (Wildman–Crippen LogP) is 2.45. The Labute approximate surface area is 130 Å². The average molecular weight is 302 g/mol. The number of likely N-dealkylation sites (N-methyl/N-ethyl adjacent to an activating group) is 1. The third-order valence-corrected chi connectivity index (χ3v) is 3.03. The van der Waals surface area contributed by atoms with Crippen molar-refractivity contribution in [3.63, 3.8) is 0 Å². The molecule has 2 heterocycles. The van der Waals surface area contributed by atoms with Crippen molar-refractivity contribution >= 4 is 11.8 Å². The van der Waals surface area contributed by atoms with E-state index in [9.17, 15) is 9.59 Å². The topological polar surface area (TPSA) is 58.6 Å². The summed E-state index contributed by atoms with van der Waals surface area (Å²) < 4.78 is 4.86. The van der Waals surface area contributed by atoms with Crippen molar-refractivity contribution in [3.8, 4) is 0 Å². The number of morpholine rings is 1. The lowest BCUT2D eigenvalue weighted by Crippen LogP contribution is -2.38. The fraction of sp³-hybridized carbons (Fsp3) is 0.875. The van der Waals surface area contributed by atoms with E-state index in [1.807, 2.05) is 48.5 Å². The smallest absolute Gasteiger partial charge is 0.248 e. The number of nitrogens with zero attached hydrogens (tertiary/aromatic N) is 1.